The molecule has 1 aliphatic carbocycles. The van der Waals surface area contributed by atoms with Crippen molar-refractivity contribution in [3.05, 3.63) is 35.6 Å². The van der Waals surface area contributed by atoms with Gasteiger partial charge in [-0.2, -0.15) is 0 Å². The molecule has 5 heteroatoms. The number of carbonyl (C=O) groups is 1. The molecule has 1 unspecified atom stereocenters. The number of carbonyl (C=O) groups excluding carboxylic acids is 1. The fourth-order valence-electron chi connectivity index (χ4n) is 2.55. The first-order chi connectivity index (χ1) is 9.61. The molecule has 2 aliphatic rings. The second-order valence-electron chi connectivity index (χ2n) is 5.31. The molecule has 1 amide bonds. The number of aliphatic hydroxyl groups is 1. The Morgan fingerprint density at radius 3 is 2.70 bits per heavy atom. The van der Waals surface area contributed by atoms with Crippen molar-refractivity contribution in [1.82, 2.24) is 9.80 Å². The quantitative estimate of drug-likeness (QED) is 0.772. The molecule has 3 N–H and O–H groups in total. The maximum Gasteiger partial charge on any atom is 0.245 e. The van der Waals surface area contributed by atoms with Crippen LogP contribution in [0.15, 0.2) is 35.6 Å². The van der Waals surface area contributed by atoms with Crippen LogP contribution in [0.1, 0.15) is 13.3 Å². The van der Waals surface area contributed by atoms with Crippen LogP contribution >= 0.6 is 0 Å². The summed E-state index contributed by atoms with van der Waals surface area (Å²) < 4.78 is 0. The Morgan fingerprint density at radius 1 is 1.40 bits per heavy atom. The number of aliphatic hydroxyl groups excluding tert-OH is 1. The van der Waals surface area contributed by atoms with Crippen LogP contribution < -0.4 is 5.73 Å². The number of piperazine rings is 1. The summed E-state index contributed by atoms with van der Waals surface area (Å²) in [5, 5.41) is 9.20. The van der Waals surface area contributed by atoms with Crippen molar-refractivity contribution in [1.29, 1.82) is 0 Å². The number of amides is 1. The van der Waals surface area contributed by atoms with Gasteiger partial charge in [-0.3, -0.25) is 9.69 Å². The average Bonchev–Trinajstić information content (AvgIpc) is 2.72. The van der Waals surface area contributed by atoms with Crippen LogP contribution in [-0.2, 0) is 4.79 Å². The van der Waals surface area contributed by atoms with Crippen LogP contribution in [0.3, 0.4) is 0 Å². The highest BCUT2D eigenvalue weighted by molar-refractivity contribution is 5.92. The molecular formula is C15H23N3O2. The van der Waals surface area contributed by atoms with Crippen molar-refractivity contribution in [2.75, 3.05) is 32.8 Å². The van der Waals surface area contributed by atoms with Crippen molar-refractivity contribution >= 4 is 5.91 Å². The third kappa shape index (κ3) is 3.49. The van der Waals surface area contributed by atoms with Gasteiger partial charge >= 0.3 is 0 Å². The highest BCUT2D eigenvalue weighted by Gasteiger charge is 2.21. The molecular weight excluding hydrogens is 254 g/mol. The summed E-state index contributed by atoms with van der Waals surface area (Å²) in [7, 11) is 0. The Balaban J connectivity index is 2.02. The van der Waals surface area contributed by atoms with Crippen LogP contribution in [0.4, 0.5) is 0 Å². The number of primary amides is 1. The number of hydrogen-bond donors (Lipinski definition) is 2. The third-order valence-electron chi connectivity index (χ3n) is 3.95. The Labute approximate surface area is 120 Å². The van der Waals surface area contributed by atoms with Gasteiger partial charge in [0.25, 0.3) is 0 Å². The molecule has 1 aliphatic heterocycles. The lowest BCUT2D eigenvalue weighted by Gasteiger charge is -2.39. The van der Waals surface area contributed by atoms with E-state index < -0.39 is 0 Å². The minimum Gasteiger partial charge on any atom is -0.395 e. The van der Waals surface area contributed by atoms with E-state index in [0.29, 0.717) is 12.0 Å². The Bertz CT molecular complexity index is 446. The van der Waals surface area contributed by atoms with Gasteiger partial charge in [0, 0.05) is 43.5 Å². The minimum atomic E-state index is -0.352. The molecule has 2 rings (SSSR count). The molecule has 0 aromatic heterocycles. The Hall–Kier alpha value is -1.59. The molecule has 0 aromatic carbocycles. The highest BCUT2D eigenvalue weighted by atomic mass is 16.3. The normalized spacial score (nSPS) is 22.0. The van der Waals surface area contributed by atoms with E-state index in [9.17, 15) is 9.90 Å². The molecule has 1 saturated heterocycles. The summed E-state index contributed by atoms with van der Waals surface area (Å²) in [4.78, 5) is 15.9. The van der Waals surface area contributed by atoms with E-state index in [4.69, 9.17) is 5.73 Å². The van der Waals surface area contributed by atoms with Crippen LogP contribution in [-0.4, -0.2) is 59.6 Å². The minimum absolute atomic E-state index is 0.192. The van der Waals surface area contributed by atoms with E-state index in [-0.39, 0.29) is 18.6 Å². The van der Waals surface area contributed by atoms with Crippen molar-refractivity contribution in [2.24, 2.45) is 5.73 Å². The van der Waals surface area contributed by atoms with Gasteiger partial charge in [-0.15, -0.1) is 0 Å². The average molecular weight is 277 g/mol. The molecule has 110 valence electrons. The van der Waals surface area contributed by atoms with Crippen LogP contribution in [0.25, 0.3) is 0 Å². The Morgan fingerprint density at radius 2 is 2.10 bits per heavy atom. The molecule has 0 bridgehead atoms. The van der Waals surface area contributed by atoms with E-state index in [1.54, 1.807) is 0 Å². The van der Waals surface area contributed by atoms with E-state index >= 15 is 0 Å². The second-order valence-corrected chi connectivity index (χ2v) is 5.31. The summed E-state index contributed by atoms with van der Waals surface area (Å²) >= 11 is 0. The molecule has 0 radical (unpaired) electrons. The zero-order valence-corrected chi connectivity index (χ0v) is 12.0. The van der Waals surface area contributed by atoms with Gasteiger partial charge in [-0.25, -0.2) is 0 Å². The maximum atomic E-state index is 11.4. The monoisotopic (exact) mass is 277 g/mol. The fraction of sp³-hybridized carbons (Fsp3) is 0.533. The standard InChI is InChI=1S/C15H23N3O2/c1-12(11-19)17-6-8-18(9-7-17)14-5-3-2-4-13(10-14)15(16)20/h2-3,5,10,12,19H,4,6-9,11H2,1H3,(H2,16,20). The summed E-state index contributed by atoms with van der Waals surface area (Å²) in [6, 6.07) is 0.205. The number of rotatable bonds is 4. The molecule has 1 heterocycles. The van der Waals surface area contributed by atoms with E-state index in [1.807, 2.05) is 31.2 Å². The predicted octanol–water partition coefficient (Wildman–Crippen LogP) is 0.240. The smallest absolute Gasteiger partial charge is 0.245 e. The maximum absolute atomic E-state index is 11.4. The Kier molecular flexibility index (Phi) is 4.98. The lowest BCUT2D eigenvalue weighted by atomic mass is 10.1. The number of hydrogen-bond acceptors (Lipinski definition) is 4. The predicted molar refractivity (Wildman–Crippen MR) is 78.8 cm³/mol. The van der Waals surface area contributed by atoms with Crippen molar-refractivity contribution in [3.8, 4) is 0 Å². The lowest BCUT2D eigenvalue weighted by molar-refractivity contribution is -0.114. The van der Waals surface area contributed by atoms with Crippen LogP contribution in [0.5, 0.6) is 0 Å². The summed E-state index contributed by atoms with van der Waals surface area (Å²) in [5.74, 6) is -0.352. The molecule has 1 atom stereocenters. The van der Waals surface area contributed by atoms with Crippen LogP contribution in [0, 0.1) is 0 Å². The molecule has 1 fully saturated rings. The first-order valence-corrected chi connectivity index (χ1v) is 7.09. The summed E-state index contributed by atoms with van der Waals surface area (Å²) in [6.45, 7) is 5.86. The largest absolute Gasteiger partial charge is 0.395 e. The van der Waals surface area contributed by atoms with Gasteiger partial charge in [0.2, 0.25) is 5.91 Å². The zero-order valence-electron chi connectivity index (χ0n) is 12.0. The van der Waals surface area contributed by atoms with E-state index in [0.717, 1.165) is 31.9 Å². The first-order valence-electron chi connectivity index (χ1n) is 7.09. The lowest BCUT2D eigenvalue weighted by Crippen LogP contribution is -2.49. The third-order valence-corrected chi connectivity index (χ3v) is 3.95. The van der Waals surface area contributed by atoms with Gasteiger partial charge in [0.1, 0.15) is 0 Å². The van der Waals surface area contributed by atoms with Crippen molar-refractivity contribution in [2.45, 2.75) is 19.4 Å². The summed E-state index contributed by atoms with van der Waals surface area (Å²) in [6.07, 6.45) is 8.45. The fourth-order valence-corrected chi connectivity index (χ4v) is 2.55. The molecule has 5 nitrogen and oxygen atoms in total. The zero-order chi connectivity index (χ0) is 14.5. The number of nitrogens with two attached hydrogens (primary N) is 1. The topological polar surface area (TPSA) is 69.8 Å². The van der Waals surface area contributed by atoms with Crippen LogP contribution in [0.2, 0.25) is 0 Å². The van der Waals surface area contributed by atoms with Gasteiger partial charge < -0.3 is 15.7 Å². The number of nitrogens with zero attached hydrogens (tertiary/aromatic N) is 2. The second kappa shape index (κ2) is 6.72. The summed E-state index contributed by atoms with van der Waals surface area (Å²) in [5.41, 5.74) is 7.08. The number of allylic oxidation sites excluding steroid dienone is 4. The molecule has 0 aromatic rings. The van der Waals surface area contributed by atoms with E-state index in [2.05, 4.69) is 9.80 Å². The van der Waals surface area contributed by atoms with Crippen molar-refractivity contribution < 1.29 is 9.90 Å². The van der Waals surface area contributed by atoms with Gasteiger partial charge in [-0.05, 0) is 25.5 Å². The van der Waals surface area contributed by atoms with Gasteiger partial charge in [0.05, 0.1) is 6.61 Å². The van der Waals surface area contributed by atoms with E-state index in [1.165, 1.54) is 0 Å². The molecule has 0 saturated carbocycles. The SMILES string of the molecule is CC(CO)N1CCN(C2=CC=CCC(C(N)=O)=C2)CC1. The van der Waals surface area contributed by atoms with Gasteiger partial charge in [0.15, 0.2) is 0 Å². The molecule has 20 heavy (non-hydrogen) atoms. The highest BCUT2D eigenvalue weighted by Crippen LogP contribution is 2.18. The van der Waals surface area contributed by atoms with Crippen molar-refractivity contribution in [3.63, 3.8) is 0 Å². The molecule has 0 spiro atoms. The first kappa shape index (κ1) is 14.8. The van der Waals surface area contributed by atoms with Gasteiger partial charge in [-0.1, -0.05) is 12.2 Å².